The predicted octanol–water partition coefficient (Wildman–Crippen LogP) is 9.36. The van der Waals surface area contributed by atoms with Crippen LogP contribution in [-0.2, 0) is 5.41 Å². The van der Waals surface area contributed by atoms with E-state index in [0.717, 1.165) is 13.1 Å². The van der Waals surface area contributed by atoms with Crippen LogP contribution in [0, 0.1) is 5.41 Å². The van der Waals surface area contributed by atoms with Crippen LogP contribution in [0.15, 0.2) is 83.8 Å². The van der Waals surface area contributed by atoms with Gasteiger partial charge in [-0.25, -0.2) is 0 Å². The van der Waals surface area contributed by atoms with Crippen molar-refractivity contribution in [1.29, 1.82) is 0 Å². The van der Waals surface area contributed by atoms with E-state index in [0.29, 0.717) is 0 Å². The fourth-order valence-corrected chi connectivity index (χ4v) is 5.73. The third-order valence-corrected chi connectivity index (χ3v) is 7.43. The van der Waals surface area contributed by atoms with Gasteiger partial charge in [0, 0.05) is 35.0 Å². The standard InChI is InChI=1S/C30H39N2.2C2H6/c1-7-31-25-19-12-9-11-17-23(25)29(3,4)27(31)21-13-10-14-22-28-30(5,6)24-18-15-16-20-26(24)32(28)8-2;2*1-2/h10,13-22H,7-9,11-12H2,1-6H3;2*1-2H3/q+1;;. The fraction of sp³-hybridized carbons (Fsp3) is 0.500. The summed E-state index contributed by atoms with van der Waals surface area (Å²) in [6.07, 6.45) is 19.8. The van der Waals surface area contributed by atoms with E-state index in [9.17, 15) is 0 Å². The molecule has 0 aromatic heterocycles. The average molecular weight is 488 g/mol. The molecule has 4 rings (SSSR count). The molecule has 196 valence electrons. The molecule has 2 nitrogen and oxygen atoms in total. The van der Waals surface area contributed by atoms with Crippen molar-refractivity contribution in [3.05, 3.63) is 89.3 Å². The Balaban J connectivity index is 0.00000109. The minimum atomic E-state index is 0.0228. The summed E-state index contributed by atoms with van der Waals surface area (Å²) in [4.78, 5) is 2.45. The van der Waals surface area contributed by atoms with Gasteiger partial charge in [0.05, 0.1) is 5.41 Å². The highest BCUT2D eigenvalue weighted by molar-refractivity contribution is 6.00. The molecule has 3 aliphatic rings. The Morgan fingerprint density at radius 2 is 1.53 bits per heavy atom. The number of fused-ring (bicyclic) bond motifs is 2. The van der Waals surface area contributed by atoms with Crippen LogP contribution in [0.2, 0.25) is 0 Å². The van der Waals surface area contributed by atoms with Crippen LogP contribution in [0.5, 0.6) is 0 Å². The number of nitrogens with zero attached hydrogens (tertiary/aromatic N) is 2. The number of allylic oxidation sites excluding steroid dienone is 9. The monoisotopic (exact) mass is 487 g/mol. The Hall–Kier alpha value is -2.61. The molecule has 0 saturated carbocycles. The lowest BCUT2D eigenvalue weighted by molar-refractivity contribution is -0.464. The summed E-state index contributed by atoms with van der Waals surface area (Å²) in [5.41, 5.74) is 8.55. The first-order valence-corrected chi connectivity index (χ1v) is 14.3. The van der Waals surface area contributed by atoms with Crippen molar-refractivity contribution >= 4 is 11.4 Å². The maximum absolute atomic E-state index is 2.51. The molecular weight excluding hydrogens is 436 g/mol. The summed E-state index contributed by atoms with van der Waals surface area (Å²) in [5.74, 6) is 0. The fourth-order valence-electron chi connectivity index (χ4n) is 5.73. The molecule has 0 unspecified atom stereocenters. The number of hydrogen-bond donors (Lipinski definition) is 0. The summed E-state index contributed by atoms with van der Waals surface area (Å²) in [5, 5.41) is 0. The zero-order chi connectivity index (χ0) is 26.9. The molecule has 0 radical (unpaired) electrons. The minimum Gasteiger partial charge on any atom is -0.344 e. The highest BCUT2D eigenvalue weighted by atomic mass is 15.2. The maximum atomic E-state index is 2.51. The van der Waals surface area contributed by atoms with Crippen molar-refractivity contribution in [3.63, 3.8) is 0 Å². The van der Waals surface area contributed by atoms with Gasteiger partial charge in [-0.1, -0.05) is 84.0 Å². The normalized spacial score (nSPS) is 20.8. The predicted molar refractivity (Wildman–Crippen MR) is 161 cm³/mol. The van der Waals surface area contributed by atoms with Crippen LogP contribution in [-0.4, -0.2) is 23.4 Å². The first-order chi connectivity index (χ1) is 17.3. The van der Waals surface area contributed by atoms with Gasteiger partial charge in [0.2, 0.25) is 5.70 Å². The molecule has 0 saturated heterocycles. The van der Waals surface area contributed by atoms with Crippen molar-refractivity contribution in [2.24, 2.45) is 5.41 Å². The lowest BCUT2D eigenvalue weighted by Gasteiger charge is -2.25. The summed E-state index contributed by atoms with van der Waals surface area (Å²) < 4.78 is 2.51. The number of hydrogen-bond acceptors (Lipinski definition) is 1. The van der Waals surface area contributed by atoms with Crippen molar-refractivity contribution in [2.75, 3.05) is 18.0 Å². The molecule has 0 N–H and O–H groups in total. The Bertz CT molecular complexity index is 1070. The zero-order valence-corrected chi connectivity index (χ0v) is 24.8. The van der Waals surface area contributed by atoms with E-state index < -0.39 is 0 Å². The van der Waals surface area contributed by atoms with E-state index >= 15 is 0 Å². The summed E-state index contributed by atoms with van der Waals surface area (Å²) in [7, 11) is 0. The smallest absolute Gasteiger partial charge is 0.205 e. The molecular formula is C34H51N2+. The van der Waals surface area contributed by atoms with Gasteiger partial charge in [-0.05, 0) is 70.7 Å². The van der Waals surface area contributed by atoms with Crippen molar-refractivity contribution in [3.8, 4) is 0 Å². The Labute approximate surface area is 222 Å². The number of para-hydroxylation sites is 1. The average Bonchev–Trinajstić information content (AvgIpc) is 3.09. The molecule has 0 bridgehead atoms. The number of likely N-dealkylation sites (N-methyl/N-ethyl adjacent to an activating group) is 2. The highest BCUT2D eigenvalue weighted by Gasteiger charge is 2.46. The second-order valence-electron chi connectivity index (χ2n) is 10.1. The first kappa shape index (κ1) is 29.6. The van der Waals surface area contributed by atoms with Crippen LogP contribution < -0.4 is 4.90 Å². The Kier molecular flexibility index (Phi) is 10.8. The molecule has 1 aromatic carbocycles. The molecule has 36 heavy (non-hydrogen) atoms. The van der Waals surface area contributed by atoms with E-state index in [2.05, 4.69) is 118 Å². The van der Waals surface area contributed by atoms with Gasteiger partial charge in [0.25, 0.3) is 0 Å². The minimum absolute atomic E-state index is 0.0228. The van der Waals surface area contributed by atoms with Crippen molar-refractivity contribution < 1.29 is 4.58 Å². The topological polar surface area (TPSA) is 6.25 Å². The summed E-state index contributed by atoms with van der Waals surface area (Å²) >= 11 is 0. The van der Waals surface area contributed by atoms with Crippen LogP contribution in [0.3, 0.4) is 0 Å². The molecule has 2 aliphatic heterocycles. The Morgan fingerprint density at radius 1 is 0.861 bits per heavy atom. The van der Waals surface area contributed by atoms with Crippen LogP contribution in [0.4, 0.5) is 5.69 Å². The SMILES string of the molecule is CC.CC.CCN1/C(=C/C=C/C=C/C2=[N+](CC)C3=CCCCC=C3C2(C)C)C(C)(C)c2ccccc21. The molecule has 2 heteroatoms. The van der Waals surface area contributed by atoms with E-state index in [1.807, 2.05) is 27.7 Å². The second-order valence-corrected chi connectivity index (χ2v) is 10.1. The third-order valence-electron chi connectivity index (χ3n) is 7.43. The first-order valence-electron chi connectivity index (χ1n) is 14.3. The lowest BCUT2D eigenvalue weighted by atomic mass is 9.80. The molecule has 1 aliphatic carbocycles. The van der Waals surface area contributed by atoms with E-state index in [1.165, 1.54) is 53.2 Å². The van der Waals surface area contributed by atoms with Crippen LogP contribution >= 0.6 is 0 Å². The van der Waals surface area contributed by atoms with Gasteiger partial charge in [-0.15, -0.1) is 0 Å². The van der Waals surface area contributed by atoms with Crippen LogP contribution in [0.25, 0.3) is 0 Å². The highest BCUT2D eigenvalue weighted by Crippen LogP contribution is 2.47. The molecule has 0 amide bonds. The molecule has 0 fully saturated rings. The van der Waals surface area contributed by atoms with E-state index in [1.54, 1.807) is 0 Å². The number of anilines is 1. The van der Waals surface area contributed by atoms with Gasteiger partial charge in [0.1, 0.15) is 6.54 Å². The van der Waals surface area contributed by atoms with Crippen molar-refractivity contribution in [2.45, 2.75) is 93.9 Å². The zero-order valence-electron chi connectivity index (χ0n) is 24.8. The summed E-state index contributed by atoms with van der Waals surface area (Å²) in [6, 6.07) is 8.81. The largest absolute Gasteiger partial charge is 0.344 e. The van der Waals surface area contributed by atoms with Crippen molar-refractivity contribution in [1.82, 2.24) is 0 Å². The molecule has 0 atom stereocenters. The lowest BCUT2D eigenvalue weighted by Crippen LogP contribution is -2.25. The quantitative estimate of drug-likeness (QED) is 0.296. The van der Waals surface area contributed by atoms with Crippen LogP contribution in [0.1, 0.15) is 94.1 Å². The molecule has 2 heterocycles. The van der Waals surface area contributed by atoms with Gasteiger partial charge in [-0.2, -0.15) is 4.58 Å². The molecule has 1 aromatic rings. The van der Waals surface area contributed by atoms with Gasteiger partial charge in [0.15, 0.2) is 5.71 Å². The number of rotatable bonds is 5. The second kappa shape index (κ2) is 13.1. The van der Waals surface area contributed by atoms with E-state index in [-0.39, 0.29) is 10.8 Å². The maximum Gasteiger partial charge on any atom is 0.205 e. The summed E-state index contributed by atoms with van der Waals surface area (Å²) in [6.45, 7) is 23.9. The Morgan fingerprint density at radius 3 is 2.19 bits per heavy atom. The van der Waals surface area contributed by atoms with Gasteiger partial charge < -0.3 is 4.90 Å². The van der Waals surface area contributed by atoms with E-state index in [4.69, 9.17) is 0 Å². The van der Waals surface area contributed by atoms with Gasteiger partial charge >= 0.3 is 0 Å². The third kappa shape index (κ3) is 5.53. The van der Waals surface area contributed by atoms with Gasteiger partial charge in [-0.3, -0.25) is 0 Å². The molecule has 0 spiro atoms. The number of benzene rings is 1.